The second-order valence-electron chi connectivity index (χ2n) is 10.8. The highest BCUT2D eigenvalue weighted by Gasteiger charge is 2.31. The lowest BCUT2D eigenvalue weighted by Crippen LogP contribution is -2.38. The summed E-state index contributed by atoms with van der Waals surface area (Å²) in [7, 11) is 0. The first-order valence-electron chi connectivity index (χ1n) is 13.2. The number of alkyl halides is 3. The normalized spacial score (nSPS) is 13.8. The summed E-state index contributed by atoms with van der Waals surface area (Å²) < 4.78 is 57.9. The SMILES string of the molecule is CC(C)(C)OC(=O)N1CCc2ccc(Cl)c(SCc3ccc(C(=O)NCc4ccc(C(F)(F)F)cc4F)cn3)c2CC1. The maximum Gasteiger partial charge on any atom is 0.416 e. The summed E-state index contributed by atoms with van der Waals surface area (Å²) in [5.41, 5.74) is 1.40. The molecule has 0 unspecified atom stereocenters. The number of carbonyl (C=O) groups excluding carboxylic acids is 2. The van der Waals surface area contributed by atoms with E-state index in [0.717, 1.165) is 28.2 Å². The average molecular weight is 624 g/mol. The van der Waals surface area contributed by atoms with Crippen LogP contribution in [0.2, 0.25) is 5.02 Å². The van der Waals surface area contributed by atoms with Gasteiger partial charge < -0.3 is 15.0 Å². The number of pyridine rings is 1. The second kappa shape index (κ2) is 12.9. The third kappa shape index (κ3) is 8.16. The molecule has 1 aliphatic heterocycles. The first kappa shape index (κ1) is 31.6. The van der Waals surface area contributed by atoms with Crippen molar-refractivity contribution in [3.05, 3.63) is 93.0 Å². The van der Waals surface area contributed by atoms with Crippen LogP contribution in [0.25, 0.3) is 0 Å². The third-order valence-electron chi connectivity index (χ3n) is 6.52. The summed E-state index contributed by atoms with van der Waals surface area (Å²) in [6.45, 7) is 6.29. The Hall–Kier alpha value is -3.31. The molecule has 0 saturated carbocycles. The number of nitrogens with zero attached hydrogens (tertiary/aromatic N) is 2. The van der Waals surface area contributed by atoms with Gasteiger partial charge in [0.05, 0.1) is 21.8 Å². The molecular weight excluding hydrogens is 594 g/mol. The molecule has 0 atom stereocenters. The number of ether oxygens (including phenoxy) is 1. The highest BCUT2D eigenvalue weighted by molar-refractivity contribution is 7.98. The second-order valence-corrected chi connectivity index (χ2v) is 12.2. The van der Waals surface area contributed by atoms with E-state index in [-0.39, 0.29) is 23.8 Å². The summed E-state index contributed by atoms with van der Waals surface area (Å²) in [6.07, 6.45) is -2.29. The minimum atomic E-state index is -4.65. The Balaban J connectivity index is 1.36. The van der Waals surface area contributed by atoms with Gasteiger partial charge in [0.15, 0.2) is 0 Å². The van der Waals surface area contributed by atoms with E-state index >= 15 is 0 Å². The van der Waals surface area contributed by atoms with Crippen LogP contribution in [0.15, 0.2) is 53.6 Å². The molecule has 2 heterocycles. The quantitative estimate of drug-likeness (QED) is 0.228. The average Bonchev–Trinajstić information content (AvgIpc) is 3.13. The molecule has 42 heavy (non-hydrogen) atoms. The number of aromatic nitrogens is 1. The van der Waals surface area contributed by atoms with Crippen molar-refractivity contribution in [2.24, 2.45) is 0 Å². The molecule has 1 N–H and O–H groups in total. The van der Waals surface area contributed by atoms with E-state index in [0.29, 0.717) is 48.5 Å². The minimum absolute atomic E-state index is 0.0644. The molecule has 0 saturated heterocycles. The Morgan fingerprint density at radius 3 is 2.45 bits per heavy atom. The Kier molecular flexibility index (Phi) is 9.72. The highest BCUT2D eigenvalue weighted by Crippen LogP contribution is 2.36. The third-order valence-corrected chi connectivity index (χ3v) is 8.14. The van der Waals surface area contributed by atoms with Crippen molar-refractivity contribution in [2.45, 2.75) is 62.6 Å². The number of thioether (sulfide) groups is 1. The van der Waals surface area contributed by atoms with Gasteiger partial charge in [-0.25, -0.2) is 9.18 Å². The van der Waals surface area contributed by atoms with E-state index in [1.165, 1.54) is 18.0 Å². The first-order chi connectivity index (χ1) is 19.7. The Morgan fingerprint density at radius 1 is 1.07 bits per heavy atom. The molecule has 0 spiro atoms. The lowest BCUT2D eigenvalue weighted by atomic mass is 10.0. The molecule has 0 bridgehead atoms. The molecule has 6 nitrogen and oxygen atoms in total. The van der Waals surface area contributed by atoms with Gasteiger partial charge in [-0.1, -0.05) is 23.7 Å². The van der Waals surface area contributed by atoms with Crippen LogP contribution >= 0.6 is 23.4 Å². The molecule has 2 amide bonds. The molecular formula is C30H30ClF4N3O3S. The van der Waals surface area contributed by atoms with E-state index < -0.39 is 29.1 Å². The number of hydrogen-bond donors (Lipinski definition) is 1. The number of nitrogens with one attached hydrogen (secondary N) is 1. The fourth-order valence-electron chi connectivity index (χ4n) is 4.36. The largest absolute Gasteiger partial charge is 0.444 e. The summed E-state index contributed by atoms with van der Waals surface area (Å²) in [6, 6.07) is 9.29. The van der Waals surface area contributed by atoms with Gasteiger partial charge in [-0.15, -0.1) is 11.8 Å². The smallest absolute Gasteiger partial charge is 0.416 e. The van der Waals surface area contributed by atoms with E-state index in [1.807, 2.05) is 32.9 Å². The van der Waals surface area contributed by atoms with E-state index in [2.05, 4.69) is 10.3 Å². The van der Waals surface area contributed by atoms with Crippen LogP contribution in [0, 0.1) is 5.82 Å². The van der Waals surface area contributed by atoms with Crippen LogP contribution in [-0.2, 0) is 36.1 Å². The van der Waals surface area contributed by atoms with E-state index in [1.54, 1.807) is 17.0 Å². The molecule has 0 aliphatic carbocycles. The van der Waals surface area contributed by atoms with Crippen molar-refractivity contribution in [3.63, 3.8) is 0 Å². The summed E-state index contributed by atoms with van der Waals surface area (Å²) in [5.74, 6) is -1.11. The van der Waals surface area contributed by atoms with E-state index in [9.17, 15) is 27.2 Å². The lowest BCUT2D eigenvalue weighted by molar-refractivity contribution is -0.137. The zero-order valence-electron chi connectivity index (χ0n) is 23.3. The predicted octanol–water partition coefficient (Wildman–Crippen LogP) is 7.45. The van der Waals surface area contributed by atoms with Crippen LogP contribution < -0.4 is 5.32 Å². The van der Waals surface area contributed by atoms with Gasteiger partial charge in [-0.05, 0) is 75.1 Å². The number of halogens is 5. The summed E-state index contributed by atoms with van der Waals surface area (Å²) >= 11 is 8.10. The predicted molar refractivity (Wildman–Crippen MR) is 153 cm³/mol. The Morgan fingerprint density at radius 2 is 1.81 bits per heavy atom. The Labute approximate surface area is 250 Å². The maximum atomic E-state index is 14.1. The maximum absolute atomic E-state index is 14.1. The number of fused-ring (bicyclic) bond motifs is 1. The van der Waals surface area contributed by atoms with E-state index in [4.69, 9.17) is 16.3 Å². The number of amides is 2. The van der Waals surface area contributed by atoms with Crippen LogP contribution in [0.1, 0.15) is 59.1 Å². The topological polar surface area (TPSA) is 71.5 Å². The van der Waals surface area contributed by atoms with Crippen LogP contribution in [0.3, 0.4) is 0 Å². The standard InChI is InChI=1S/C30H30ClF4N3O3S/c1-29(2,3)41-28(40)38-12-10-18-6-9-24(31)26(23(18)11-13-38)42-17-22-8-5-20(16-36-22)27(39)37-15-19-4-7-21(14-25(19)32)30(33,34)35/h4-9,14,16H,10-13,15,17H2,1-3H3,(H,37,39). The molecule has 224 valence electrons. The van der Waals surface area contributed by atoms with Gasteiger partial charge in [0, 0.05) is 42.0 Å². The Bertz CT molecular complexity index is 1460. The molecule has 4 rings (SSSR count). The van der Waals surface area contributed by atoms with Gasteiger partial charge >= 0.3 is 12.3 Å². The van der Waals surface area contributed by atoms with Gasteiger partial charge in [0.25, 0.3) is 5.91 Å². The zero-order chi connectivity index (χ0) is 30.7. The fourth-order valence-corrected chi connectivity index (χ4v) is 5.78. The molecule has 12 heteroatoms. The van der Waals surface area contributed by atoms with Gasteiger partial charge in [-0.3, -0.25) is 9.78 Å². The molecule has 2 aromatic carbocycles. The number of benzene rings is 2. The number of rotatable bonds is 6. The summed E-state index contributed by atoms with van der Waals surface area (Å²) in [5, 5.41) is 3.11. The zero-order valence-corrected chi connectivity index (χ0v) is 24.9. The van der Waals surface area contributed by atoms with Crippen LogP contribution in [-0.4, -0.2) is 40.6 Å². The van der Waals surface area contributed by atoms with Gasteiger partial charge in [-0.2, -0.15) is 13.2 Å². The van der Waals surface area contributed by atoms with Gasteiger partial charge in [0.2, 0.25) is 0 Å². The molecule has 1 aliphatic rings. The van der Waals surface area contributed by atoms with Crippen molar-refractivity contribution >= 4 is 35.4 Å². The van der Waals surface area contributed by atoms with Crippen molar-refractivity contribution in [2.75, 3.05) is 13.1 Å². The molecule has 1 aromatic heterocycles. The first-order valence-corrected chi connectivity index (χ1v) is 14.6. The number of hydrogen-bond acceptors (Lipinski definition) is 5. The fraction of sp³-hybridized carbons (Fsp3) is 0.367. The van der Waals surface area contributed by atoms with Crippen molar-refractivity contribution in [3.8, 4) is 0 Å². The monoisotopic (exact) mass is 623 g/mol. The van der Waals surface area contributed by atoms with Crippen molar-refractivity contribution < 1.29 is 31.9 Å². The lowest BCUT2D eigenvalue weighted by Gasteiger charge is -2.26. The van der Waals surface area contributed by atoms with Crippen molar-refractivity contribution in [1.82, 2.24) is 15.2 Å². The van der Waals surface area contributed by atoms with Crippen LogP contribution in [0.4, 0.5) is 22.4 Å². The molecule has 0 radical (unpaired) electrons. The van der Waals surface area contributed by atoms with Crippen molar-refractivity contribution in [1.29, 1.82) is 0 Å². The highest BCUT2D eigenvalue weighted by atomic mass is 35.5. The molecule has 0 fully saturated rings. The number of carbonyl (C=O) groups is 2. The van der Waals surface area contributed by atoms with Crippen LogP contribution in [0.5, 0.6) is 0 Å². The van der Waals surface area contributed by atoms with Gasteiger partial charge in [0.1, 0.15) is 11.4 Å². The minimum Gasteiger partial charge on any atom is -0.444 e. The molecule has 3 aromatic rings. The summed E-state index contributed by atoms with van der Waals surface area (Å²) in [4.78, 5) is 32.1.